The first-order valence-corrected chi connectivity index (χ1v) is 10.7. The van der Waals surface area contributed by atoms with E-state index in [0.717, 1.165) is 17.3 Å². The van der Waals surface area contributed by atoms with E-state index in [9.17, 15) is 14.7 Å². The van der Waals surface area contributed by atoms with Crippen LogP contribution in [0.5, 0.6) is 0 Å². The van der Waals surface area contributed by atoms with Gasteiger partial charge in [0.25, 0.3) is 5.91 Å². The lowest BCUT2D eigenvalue weighted by Crippen LogP contribution is -2.14. The van der Waals surface area contributed by atoms with Crippen LogP contribution in [0.3, 0.4) is 0 Å². The molecule has 1 aromatic heterocycles. The fourth-order valence-electron chi connectivity index (χ4n) is 2.92. The van der Waals surface area contributed by atoms with Crippen molar-refractivity contribution >= 4 is 34.8 Å². The molecule has 1 amide bonds. The van der Waals surface area contributed by atoms with Crippen LogP contribution in [0, 0.1) is 6.92 Å². The number of thioether (sulfide) groups is 1. The molecule has 2 heterocycles. The Balaban J connectivity index is 1.96. The van der Waals surface area contributed by atoms with Crippen LogP contribution >= 0.6 is 11.8 Å². The van der Waals surface area contributed by atoms with Gasteiger partial charge in [-0.15, -0.1) is 0 Å². The maximum Gasteiger partial charge on any atom is 0.344 e. The fraction of sp³-hybridized carbons (Fsp3) is 0.292. The van der Waals surface area contributed by atoms with Crippen LogP contribution in [-0.2, 0) is 14.9 Å². The maximum atomic E-state index is 12.8. The maximum absolute atomic E-state index is 12.8. The van der Waals surface area contributed by atoms with Gasteiger partial charge in [-0.2, -0.15) is 0 Å². The topological polar surface area (TPSA) is 89.1 Å². The standard InChI is InChI=1S/C24H25NO5S/c1-6-29-23(28)19-20(26)18(13-17-12-7-14(2)30-17)31-22(19)25-21(27)15-8-10-16(11-9-15)24(3,4)5/h7-13,26H,6H2,1-5H3/b18-13+,25-22?. The Morgan fingerprint density at radius 3 is 2.39 bits per heavy atom. The molecular formula is C24H25NO5S. The second-order valence-electron chi connectivity index (χ2n) is 8.05. The second kappa shape index (κ2) is 8.98. The summed E-state index contributed by atoms with van der Waals surface area (Å²) in [4.78, 5) is 29.7. The van der Waals surface area contributed by atoms with Crippen molar-refractivity contribution in [2.45, 2.75) is 40.0 Å². The Bertz CT molecular complexity index is 1100. The van der Waals surface area contributed by atoms with Gasteiger partial charge < -0.3 is 14.3 Å². The summed E-state index contributed by atoms with van der Waals surface area (Å²) in [6.07, 6.45) is 1.59. The average molecular weight is 440 g/mol. The summed E-state index contributed by atoms with van der Waals surface area (Å²) in [6, 6.07) is 10.7. The molecule has 1 aromatic carbocycles. The molecule has 0 aliphatic carbocycles. The molecule has 6 nitrogen and oxygen atoms in total. The minimum atomic E-state index is -0.735. The first-order chi connectivity index (χ1) is 14.6. The third-order valence-corrected chi connectivity index (χ3v) is 5.63. The largest absolute Gasteiger partial charge is 0.506 e. The zero-order valence-electron chi connectivity index (χ0n) is 18.2. The van der Waals surface area contributed by atoms with Crippen LogP contribution in [0.4, 0.5) is 0 Å². The molecule has 31 heavy (non-hydrogen) atoms. The van der Waals surface area contributed by atoms with Crippen molar-refractivity contribution < 1.29 is 23.8 Å². The number of esters is 1. The van der Waals surface area contributed by atoms with Gasteiger partial charge in [-0.1, -0.05) is 44.7 Å². The van der Waals surface area contributed by atoms with E-state index in [1.165, 1.54) is 0 Å². The SMILES string of the molecule is CCOC(=O)C1=C(O)/C(=C\c2ccc(C)o2)SC1=NC(=O)c1ccc(C(C)(C)C)cc1. The highest BCUT2D eigenvalue weighted by Gasteiger charge is 2.34. The van der Waals surface area contributed by atoms with Gasteiger partial charge in [-0.05, 0) is 55.2 Å². The highest BCUT2D eigenvalue weighted by Crippen LogP contribution is 2.39. The Hall–Kier alpha value is -3.06. The van der Waals surface area contributed by atoms with Crippen molar-refractivity contribution in [3.8, 4) is 0 Å². The number of furan rings is 1. The van der Waals surface area contributed by atoms with Gasteiger partial charge >= 0.3 is 5.97 Å². The molecule has 162 valence electrons. The minimum absolute atomic E-state index is 0.0374. The number of carbonyl (C=O) groups is 2. The van der Waals surface area contributed by atoms with Crippen LogP contribution in [0.1, 0.15) is 55.1 Å². The van der Waals surface area contributed by atoms with Gasteiger partial charge in [0.1, 0.15) is 27.9 Å². The van der Waals surface area contributed by atoms with Gasteiger partial charge in [0.05, 0.1) is 11.5 Å². The Morgan fingerprint density at radius 1 is 1.16 bits per heavy atom. The lowest BCUT2D eigenvalue weighted by atomic mass is 9.87. The third-order valence-electron chi connectivity index (χ3n) is 4.61. The molecule has 0 atom stereocenters. The molecule has 0 radical (unpaired) electrons. The third kappa shape index (κ3) is 5.17. The Morgan fingerprint density at radius 2 is 1.84 bits per heavy atom. The minimum Gasteiger partial charge on any atom is -0.506 e. The molecule has 0 fully saturated rings. The van der Waals surface area contributed by atoms with Crippen molar-refractivity contribution in [1.82, 2.24) is 0 Å². The van der Waals surface area contributed by atoms with E-state index in [1.54, 1.807) is 44.2 Å². The zero-order valence-corrected chi connectivity index (χ0v) is 19.0. The second-order valence-corrected chi connectivity index (χ2v) is 9.08. The monoisotopic (exact) mass is 439 g/mol. The lowest BCUT2D eigenvalue weighted by molar-refractivity contribution is -0.138. The van der Waals surface area contributed by atoms with E-state index in [4.69, 9.17) is 9.15 Å². The van der Waals surface area contributed by atoms with Crippen molar-refractivity contribution in [2.24, 2.45) is 4.99 Å². The van der Waals surface area contributed by atoms with Gasteiger partial charge in [0.2, 0.25) is 0 Å². The smallest absolute Gasteiger partial charge is 0.344 e. The highest BCUT2D eigenvalue weighted by molar-refractivity contribution is 8.18. The van der Waals surface area contributed by atoms with E-state index in [1.807, 2.05) is 12.1 Å². The van der Waals surface area contributed by atoms with Crippen LogP contribution in [0.25, 0.3) is 6.08 Å². The van der Waals surface area contributed by atoms with E-state index >= 15 is 0 Å². The van der Waals surface area contributed by atoms with E-state index in [0.29, 0.717) is 22.0 Å². The summed E-state index contributed by atoms with van der Waals surface area (Å²) < 4.78 is 10.6. The number of rotatable bonds is 4. The summed E-state index contributed by atoms with van der Waals surface area (Å²) in [7, 11) is 0. The molecule has 0 spiro atoms. The number of hydrogen-bond donors (Lipinski definition) is 1. The van der Waals surface area contributed by atoms with Gasteiger partial charge in [-0.3, -0.25) is 4.79 Å². The van der Waals surface area contributed by atoms with Crippen molar-refractivity contribution in [2.75, 3.05) is 6.61 Å². The molecule has 3 rings (SSSR count). The average Bonchev–Trinajstić information content (AvgIpc) is 3.24. The predicted octanol–water partition coefficient (Wildman–Crippen LogP) is 5.59. The zero-order chi connectivity index (χ0) is 22.8. The Labute approximate surface area is 185 Å². The first-order valence-electron chi connectivity index (χ1n) is 9.90. The highest BCUT2D eigenvalue weighted by atomic mass is 32.2. The molecule has 1 aliphatic rings. The number of nitrogens with zero attached hydrogens (tertiary/aromatic N) is 1. The number of carbonyl (C=O) groups excluding carboxylic acids is 2. The van der Waals surface area contributed by atoms with Gasteiger partial charge in [0.15, 0.2) is 0 Å². The molecule has 7 heteroatoms. The number of amides is 1. The van der Waals surface area contributed by atoms with Crippen LogP contribution in [0.2, 0.25) is 0 Å². The van der Waals surface area contributed by atoms with E-state index < -0.39 is 11.9 Å². The molecule has 2 aromatic rings. The quantitative estimate of drug-likeness (QED) is 0.625. The van der Waals surface area contributed by atoms with Crippen LogP contribution in [0.15, 0.2) is 62.0 Å². The van der Waals surface area contributed by atoms with Crippen molar-refractivity contribution in [1.29, 1.82) is 0 Å². The predicted molar refractivity (Wildman–Crippen MR) is 122 cm³/mol. The summed E-state index contributed by atoms with van der Waals surface area (Å²) in [5.74, 6) is -0.298. The fourth-order valence-corrected chi connectivity index (χ4v) is 3.91. The van der Waals surface area contributed by atoms with E-state index in [2.05, 4.69) is 25.8 Å². The lowest BCUT2D eigenvalue weighted by Gasteiger charge is -2.18. The van der Waals surface area contributed by atoms with Crippen LogP contribution in [-0.4, -0.2) is 28.6 Å². The number of ether oxygens (including phenoxy) is 1. The normalized spacial score (nSPS) is 16.9. The van der Waals surface area contributed by atoms with Crippen LogP contribution < -0.4 is 0 Å². The van der Waals surface area contributed by atoms with Crippen molar-refractivity contribution in [3.05, 3.63) is 75.3 Å². The van der Waals surface area contributed by atoms with Crippen molar-refractivity contribution in [3.63, 3.8) is 0 Å². The van der Waals surface area contributed by atoms with Gasteiger partial charge in [-0.25, -0.2) is 9.79 Å². The first kappa shape index (κ1) is 22.6. The number of benzene rings is 1. The Kier molecular flexibility index (Phi) is 6.55. The number of aryl methyl sites for hydroxylation is 1. The summed E-state index contributed by atoms with van der Waals surface area (Å²) in [6.45, 7) is 9.87. The molecule has 0 saturated heterocycles. The summed E-state index contributed by atoms with van der Waals surface area (Å²) in [5, 5.41) is 10.7. The number of aliphatic hydroxyl groups excluding tert-OH is 1. The number of aliphatic imine (C=N–C) groups is 1. The van der Waals surface area contributed by atoms with Gasteiger partial charge in [0, 0.05) is 5.56 Å². The summed E-state index contributed by atoms with van der Waals surface area (Å²) in [5.41, 5.74) is 1.32. The molecule has 1 aliphatic heterocycles. The molecule has 1 N–H and O–H groups in total. The summed E-state index contributed by atoms with van der Waals surface area (Å²) >= 11 is 1.02. The molecule has 0 bridgehead atoms. The number of aliphatic hydroxyl groups is 1. The molecule has 0 unspecified atom stereocenters. The van der Waals surface area contributed by atoms with E-state index in [-0.39, 0.29) is 28.4 Å². The molecule has 0 saturated carbocycles. The number of hydrogen-bond acceptors (Lipinski definition) is 6. The molecular weight excluding hydrogens is 414 g/mol.